The van der Waals surface area contributed by atoms with E-state index >= 15 is 0 Å². The molecule has 5 nitrogen and oxygen atoms in total. The van der Waals surface area contributed by atoms with Crippen molar-refractivity contribution in [1.82, 2.24) is 19.4 Å². The highest BCUT2D eigenvalue weighted by Crippen LogP contribution is 2.16. The van der Waals surface area contributed by atoms with Crippen molar-refractivity contribution in [2.75, 3.05) is 33.2 Å². The summed E-state index contributed by atoms with van der Waals surface area (Å²) >= 11 is 0. The second-order valence-corrected chi connectivity index (χ2v) is 7.49. The third-order valence-corrected chi connectivity index (χ3v) is 5.41. The van der Waals surface area contributed by atoms with E-state index in [4.69, 9.17) is 0 Å². The second kappa shape index (κ2) is 8.99. The van der Waals surface area contributed by atoms with E-state index in [1.54, 1.807) is 18.6 Å². The Morgan fingerprint density at radius 2 is 1.79 bits per heavy atom. The predicted octanol–water partition coefficient (Wildman–Crippen LogP) is 3.52. The minimum absolute atomic E-state index is 0.0107. The molecule has 1 aromatic heterocycles. The Bertz CT molecular complexity index is 968. The number of nitrogens with zero attached hydrogens (tertiary/aromatic N) is 4. The molecule has 0 saturated carbocycles. The number of carbonyl (C=O) groups excluding carboxylic acids is 1. The summed E-state index contributed by atoms with van der Waals surface area (Å²) in [6.07, 6.45) is 8.98. The van der Waals surface area contributed by atoms with Crippen LogP contribution in [0.2, 0.25) is 0 Å². The van der Waals surface area contributed by atoms with Crippen molar-refractivity contribution >= 4 is 11.9 Å². The van der Waals surface area contributed by atoms with Crippen molar-refractivity contribution < 1.29 is 4.79 Å². The first-order valence-electron chi connectivity index (χ1n) is 9.99. The lowest BCUT2D eigenvalue weighted by molar-refractivity contribution is 0.104. The summed E-state index contributed by atoms with van der Waals surface area (Å²) in [7, 11) is 2.17. The topological polar surface area (TPSA) is 41.4 Å². The summed E-state index contributed by atoms with van der Waals surface area (Å²) in [6, 6.07) is 15.9. The van der Waals surface area contributed by atoms with Crippen molar-refractivity contribution in [2.24, 2.45) is 0 Å². The van der Waals surface area contributed by atoms with Gasteiger partial charge in [0.1, 0.15) is 0 Å². The van der Waals surface area contributed by atoms with Crippen LogP contribution in [0.25, 0.3) is 11.8 Å². The molecular weight excluding hydrogens is 360 g/mol. The Labute approximate surface area is 171 Å². The highest BCUT2D eigenvalue weighted by Gasteiger charge is 2.14. The lowest BCUT2D eigenvalue weighted by Crippen LogP contribution is -2.43. The molecule has 1 aliphatic rings. The summed E-state index contributed by atoms with van der Waals surface area (Å²) in [5.74, 6) is 0.0107. The monoisotopic (exact) mass is 386 g/mol. The molecule has 0 unspecified atom stereocenters. The van der Waals surface area contributed by atoms with Crippen molar-refractivity contribution in [3.05, 3.63) is 90.0 Å². The number of aromatic nitrogens is 2. The zero-order chi connectivity index (χ0) is 20.1. The van der Waals surface area contributed by atoms with Gasteiger partial charge in [-0.15, -0.1) is 0 Å². The number of benzene rings is 2. The fourth-order valence-corrected chi connectivity index (χ4v) is 3.56. The van der Waals surface area contributed by atoms with Crippen LogP contribution in [0.15, 0.2) is 73.3 Å². The first kappa shape index (κ1) is 19.3. The number of hydrogen-bond acceptors (Lipinski definition) is 4. The average Bonchev–Trinajstić information content (AvgIpc) is 3.30. The van der Waals surface area contributed by atoms with E-state index in [-0.39, 0.29) is 5.78 Å². The number of rotatable bonds is 6. The van der Waals surface area contributed by atoms with Gasteiger partial charge in [0.15, 0.2) is 5.78 Å². The zero-order valence-electron chi connectivity index (χ0n) is 16.7. The third kappa shape index (κ3) is 4.88. The summed E-state index contributed by atoms with van der Waals surface area (Å²) in [5.41, 5.74) is 4.04. The van der Waals surface area contributed by atoms with Crippen molar-refractivity contribution in [3.8, 4) is 5.69 Å². The molecule has 5 heteroatoms. The maximum atomic E-state index is 12.6. The van der Waals surface area contributed by atoms with E-state index in [2.05, 4.69) is 40.0 Å². The van der Waals surface area contributed by atoms with Crippen LogP contribution in [0.4, 0.5) is 0 Å². The molecule has 1 fully saturated rings. The van der Waals surface area contributed by atoms with E-state index in [1.165, 1.54) is 5.56 Å². The molecule has 2 heterocycles. The molecule has 29 heavy (non-hydrogen) atoms. The lowest BCUT2D eigenvalue weighted by atomic mass is 10.0. The summed E-state index contributed by atoms with van der Waals surface area (Å²) in [5, 5.41) is 0. The Hall–Kier alpha value is -3.02. The van der Waals surface area contributed by atoms with E-state index in [9.17, 15) is 4.79 Å². The van der Waals surface area contributed by atoms with Gasteiger partial charge in [-0.2, -0.15) is 0 Å². The second-order valence-electron chi connectivity index (χ2n) is 7.49. The number of likely N-dealkylation sites (N-methyl/N-ethyl adjacent to an activating group) is 1. The number of piperazine rings is 1. The van der Waals surface area contributed by atoms with Crippen LogP contribution in [0.1, 0.15) is 21.5 Å². The van der Waals surface area contributed by atoms with Gasteiger partial charge in [0, 0.05) is 56.4 Å². The maximum Gasteiger partial charge on any atom is 0.185 e. The zero-order valence-corrected chi connectivity index (χ0v) is 16.7. The van der Waals surface area contributed by atoms with Gasteiger partial charge >= 0.3 is 0 Å². The molecule has 4 rings (SSSR count). The number of ketones is 1. The SMILES string of the molecule is CN1CCN(Cc2ccccc2C=CC(=O)c2ccc(-n3ccnc3)cc2)CC1. The molecule has 2 aromatic carbocycles. The smallest absolute Gasteiger partial charge is 0.185 e. The van der Waals surface area contributed by atoms with E-state index in [0.29, 0.717) is 5.56 Å². The lowest BCUT2D eigenvalue weighted by Gasteiger charge is -2.32. The minimum atomic E-state index is 0.0107. The molecule has 0 aliphatic carbocycles. The fourth-order valence-electron chi connectivity index (χ4n) is 3.56. The molecule has 0 radical (unpaired) electrons. The van der Waals surface area contributed by atoms with Gasteiger partial charge in [-0.25, -0.2) is 4.98 Å². The number of imidazole rings is 1. The fraction of sp³-hybridized carbons (Fsp3) is 0.250. The molecule has 148 valence electrons. The van der Waals surface area contributed by atoms with Gasteiger partial charge in [0.25, 0.3) is 0 Å². The van der Waals surface area contributed by atoms with Gasteiger partial charge in [0.05, 0.1) is 6.33 Å². The normalized spacial score (nSPS) is 15.8. The Balaban J connectivity index is 1.44. The number of hydrogen-bond donors (Lipinski definition) is 0. The first-order chi connectivity index (χ1) is 14.2. The predicted molar refractivity (Wildman–Crippen MR) is 116 cm³/mol. The quantitative estimate of drug-likeness (QED) is 0.480. The molecule has 0 N–H and O–H groups in total. The molecule has 1 saturated heterocycles. The number of carbonyl (C=O) groups is 1. The highest BCUT2D eigenvalue weighted by atomic mass is 16.1. The molecule has 0 amide bonds. The average molecular weight is 386 g/mol. The molecular formula is C24H26N4O. The third-order valence-electron chi connectivity index (χ3n) is 5.41. The van der Waals surface area contributed by atoms with E-state index in [0.717, 1.165) is 44.0 Å². The van der Waals surface area contributed by atoms with E-state index < -0.39 is 0 Å². The molecule has 0 atom stereocenters. The van der Waals surface area contributed by atoms with Gasteiger partial charge in [-0.05, 0) is 48.5 Å². The molecule has 0 bridgehead atoms. The van der Waals surface area contributed by atoms with Crippen LogP contribution in [0.5, 0.6) is 0 Å². The Kier molecular flexibility index (Phi) is 5.98. The van der Waals surface area contributed by atoms with Crippen molar-refractivity contribution in [2.45, 2.75) is 6.54 Å². The molecule has 1 aliphatic heterocycles. The summed E-state index contributed by atoms with van der Waals surface area (Å²) in [6.45, 7) is 5.28. The Morgan fingerprint density at radius 1 is 1.03 bits per heavy atom. The molecule has 0 spiro atoms. The van der Waals surface area contributed by atoms with Gasteiger partial charge in [0.2, 0.25) is 0 Å². The van der Waals surface area contributed by atoms with Gasteiger partial charge in [-0.1, -0.05) is 30.3 Å². The van der Waals surface area contributed by atoms with Crippen LogP contribution in [0.3, 0.4) is 0 Å². The first-order valence-corrected chi connectivity index (χ1v) is 9.99. The van der Waals surface area contributed by atoms with Crippen LogP contribution < -0.4 is 0 Å². The van der Waals surface area contributed by atoms with E-state index in [1.807, 2.05) is 47.2 Å². The van der Waals surface area contributed by atoms with Crippen LogP contribution in [-0.4, -0.2) is 58.4 Å². The van der Waals surface area contributed by atoms with Crippen LogP contribution in [-0.2, 0) is 6.54 Å². The Morgan fingerprint density at radius 3 is 2.52 bits per heavy atom. The van der Waals surface area contributed by atoms with Gasteiger partial charge < -0.3 is 9.47 Å². The molecule has 3 aromatic rings. The summed E-state index contributed by atoms with van der Waals surface area (Å²) in [4.78, 5) is 21.5. The van der Waals surface area contributed by atoms with Gasteiger partial charge in [-0.3, -0.25) is 9.69 Å². The van der Waals surface area contributed by atoms with Crippen molar-refractivity contribution in [1.29, 1.82) is 0 Å². The standard InChI is InChI=1S/C24H26N4O/c1-26-14-16-27(17-15-26)18-22-5-3-2-4-20(22)8-11-24(29)21-6-9-23(10-7-21)28-13-12-25-19-28/h2-13,19H,14-18H2,1H3. The van der Waals surface area contributed by atoms with Crippen molar-refractivity contribution in [3.63, 3.8) is 0 Å². The number of allylic oxidation sites excluding steroid dienone is 1. The minimum Gasteiger partial charge on any atom is -0.306 e. The van der Waals surface area contributed by atoms with Crippen LogP contribution >= 0.6 is 0 Å². The van der Waals surface area contributed by atoms with Crippen LogP contribution in [0, 0.1) is 0 Å². The highest BCUT2D eigenvalue weighted by molar-refractivity contribution is 6.06. The summed E-state index contributed by atoms with van der Waals surface area (Å²) < 4.78 is 1.92. The largest absolute Gasteiger partial charge is 0.306 e. The maximum absolute atomic E-state index is 12.6.